The fraction of sp³-hybridized carbons (Fsp3) is 0.235. The molecular weight excluding hydrogens is 372 g/mol. The lowest BCUT2D eigenvalue weighted by molar-refractivity contribution is 0.304. The SMILES string of the molecule is Cc1cc(OCc2c(C)cccc2-n2nnn(C)c2=O)ccc1Br. The summed E-state index contributed by atoms with van der Waals surface area (Å²) in [6, 6.07) is 11.5. The second-order valence-electron chi connectivity index (χ2n) is 5.57. The molecule has 0 saturated heterocycles. The maximum absolute atomic E-state index is 12.1. The zero-order valence-electron chi connectivity index (χ0n) is 13.7. The van der Waals surface area contributed by atoms with E-state index in [2.05, 4.69) is 26.4 Å². The van der Waals surface area contributed by atoms with Crippen molar-refractivity contribution in [3.8, 4) is 11.4 Å². The van der Waals surface area contributed by atoms with Crippen molar-refractivity contribution in [3.63, 3.8) is 0 Å². The average Bonchev–Trinajstić information content (AvgIpc) is 2.89. The van der Waals surface area contributed by atoms with E-state index in [9.17, 15) is 4.79 Å². The van der Waals surface area contributed by atoms with Crippen molar-refractivity contribution in [3.05, 3.63) is 68.0 Å². The van der Waals surface area contributed by atoms with Gasteiger partial charge in [0.25, 0.3) is 0 Å². The van der Waals surface area contributed by atoms with Gasteiger partial charge in [-0.05, 0) is 59.7 Å². The van der Waals surface area contributed by atoms with Gasteiger partial charge < -0.3 is 4.74 Å². The first-order chi connectivity index (χ1) is 11.5. The average molecular weight is 389 g/mol. The van der Waals surface area contributed by atoms with E-state index < -0.39 is 0 Å². The second-order valence-corrected chi connectivity index (χ2v) is 6.42. The summed E-state index contributed by atoms with van der Waals surface area (Å²) in [4.78, 5) is 12.1. The maximum Gasteiger partial charge on any atom is 0.368 e. The molecule has 0 saturated carbocycles. The molecule has 0 unspecified atom stereocenters. The minimum atomic E-state index is -0.290. The number of halogens is 1. The molecule has 0 aliphatic heterocycles. The number of rotatable bonds is 4. The van der Waals surface area contributed by atoms with E-state index in [-0.39, 0.29) is 5.69 Å². The predicted octanol–water partition coefficient (Wildman–Crippen LogP) is 2.92. The van der Waals surface area contributed by atoms with E-state index in [1.54, 1.807) is 7.05 Å². The Morgan fingerprint density at radius 3 is 2.58 bits per heavy atom. The highest BCUT2D eigenvalue weighted by Crippen LogP contribution is 2.24. The lowest BCUT2D eigenvalue weighted by Gasteiger charge is -2.13. The van der Waals surface area contributed by atoms with Crippen LogP contribution in [0.15, 0.2) is 45.7 Å². The Labute approximate surface area is 147 Å². The molecule has 0 bridgehead atoms. The third-order valence-corrected chi connectivity index (χ3v) is 4.74. The van der Waals surface area contributed by atoms with Crippen LogP contribution in [0.5, 0.6) is 5.75 Å². The lowest BCUT2D eigenvalue weighted by atomic mass is 10.1. The van der Waals surface area contributed by atoms with Gasteiger partial charge in [0.05, 0.1) is 5.69 Å². The summed E-state index contributed by atoms with van der Waals surface area (Å²) in [5.74, 6) is 0.774. The van der Waals surface area contributed by atoms with Crippen LogP contribution in [0.3, 0.4) is 0 Å². The monoisotopic (exact) mass is 388 g/mol. The summed E-state index contributed by atoms with van der Waals surface area (Å²) >= 11 is 3.48. The minimum Gasteiger partial charge on any atom is -0.489 e. The van der Waals surface area contributed by atoms with E-state index in [0.717, 1.165) is 26.9 Å². The van der Waals surface area contributed by atoms with E-state index in [1.165, 1.54) is 9.36 Å². The number of tetrazole rings is 1. The summed E-state index contributed by atoms with van der Waals surface area (Å²) in [7, 11) is 1.57. The standard InChI is InChI=1S/C17H17BrN4O2/c1-11-5-4-6-16(22-17(23)21(3)19-20-22)14(11)10-24-13-7-8-15(18)12(2)9-13/h4-9H,10H2,1-3H3. The number of ether oxygens (including phenoxy) is 1. The topological polar surface area (TPSA) is 61.9 Å². The predicted molar refractivity (Wildman–Crippen MR) is 94.5 cm³/mol. The largest absolute Gasteiger partial charge is 0.489 e. The van der Waals surface area contributed by atoms with Gasteiger partial charge in [0, 0.05) is 17.1 Å². The molecule has 7 heteroatoms. The molecule has 2 aromatic carbocycles. The number of benzene rings is 2. The molecular formula is C17H17BrN4O2. The van der Waals surface area contributed by atoms with Gasteiger partial charge in [0.1, 0.15) is 12.4 Å². The molecule has 0 radical (unpaired) electrons. The highest BCUT2D eigenvalue weighted by molar-refractivity contribution is 9.10. The van der Waals surface area contributed by atoms with Gasteiger partial charge in [0.2, 0.25) is 0 Å². The first kappa shape index (κ1) is 16.4. The van der Waals surface area contributed by atoms with Gasteiger partial charge in [0.15, 0.2) is 0 Å². The highest BCUT2D eigenvalue weighted by atomic mass is 79.9. The smallest absolute Gasteiger partial charge is 0.368 e. The third kappa shape index (κ3) is 3.12. The van der Waals surface area contributed by atoms with Crippen molar-refractivity contribution in [1.82, 2.24) is 19.8 Å². The number of aryl methyl sites for hydroxylation is 3. The molecule has 1 heterocycles. The number of hydrogen-bond donors (Lipinski definition) is 0. The van der Waals surface area contributed by atoms with Gasteiger partial charge in [-0.25, -0.2) is 4.79 Å². The summed E-state index contributed by atoms with van der Waals surface area (Å²) in [5, 5.41) is 7.70. The van der Waals surface area contributed by atoms with Crippen LogP contribution in [0.4, 0.5) is 0 Å². The van der Waals surface area contributed by atoms with Crippen LogP contribution < -0.4 is 10.4 Å². The zero-order chi connectivity index (χ0) is 17.3. The molecule has 0 atom stereocenters. The van der Waals surface area contributed by atoms with Crippen LogP contribution in [0, 0.1) is 13.8 Å². The fourth-order valence-corrected chi connectivity index (χ4v) is 2.65. The molecule has 6 nitrogen and oxygen atoms in total. The molecule has 3 aromatic rings. The Hall–Kier alpha value is -2.41. The van der Waals surface area contributed by atoms with Gasteiger partial charge in [-0.3, -0.25) is 0 Å². The first-order valence-electron chi connectivity index (χ1n) is 7.44. The molecule has 0 aliphatic rings. The van der Waals surface area contributed by atoms with Gasteiger partial charge >= 0.3 is 5.69 Å². The Morgan fingerprint density at radius 2 is 1.92 bits per heavy atom. The second kappa shape index (κ2) is 6.60. The van der Waals surface area contributed by atoms with E-state index in [1.807, 2.05) is 50.2 Å². The third-order valence-electron chi connectivity index (χ3n) is 3.85. The molecule has 0 fully saturated rings. The molecule has 0 N–H and O–H groups in total. The molecule has 24 heavy (non-hydrogen) atoms. The van der Waals surface area contributed by atoms with Crippen LogP contribution in [0.2, 0.25) is 0 Å². The summed E-state index contributed by atoms with van der Waals surface area (Å²) in [5.41, 5.74) is 3.42. The number of aromatic nitrogens is 4. The molecule has 0 amide bonds. The fourth-order valence-electron chi connectivity index (χ4n) is 2.40. The quantitative estimate of drug-likeness (QED) is 0.689. The molecule has 124 valence electrons. The molecule has 0 aliphatic carbocycles. The Morgan fingerprint density at radius 1 is 1.12 bits per heavy atom. The molecule has 3 rings (SSSR count). The van der Waals surface area contributed by atoms with Crippen LogP contribution >= 0.6 is 15.9 Å². The highest BCUT2D eigenvalue weighted by Gasteiger charge is 2.13. The van der Waals surface area contributed by atoms with Gasteiger partial charge in [-0.2, -0.15) is 9.36 Å². The Bertz CT molecular complexity index is 946. The zero-order valence-corrected chi connectivity index (χ0v) is 15.2. The van der Waals surface area contributed by atoms with Crippen LogP contribution in [0.25, 0.3) is 5.69 Å². The Kier molecular flexibility index (Phi) is 4.53. The van der Waals surface area contributed by atoms with Gasteiger partial charge in [-0.15, -0.1) is 0 Å². The number of nitrogens with zero attached hydrogens (tertiary/aromatic N) is 4. The van der Waals surface area contributed by atoms with E-state index in [4.69, 9.17) is 4.74 Å². The molecule has 0 spiro atoms. The van der Waals surface area contributed by atoms with Crippen LogP contribution in [0.1, 0.15) is 16.7 Å². The summed E-state index contributed by atoms with van der Waals surface area (Å²) < 4.78 is 9.46. The van der Waals surface area contributed by atoms with Crippen molar-refractivity contribution >= 4 is 15.9 Å². The normalized spacial score (nSPS) is 10.8. The van der Waals surface area contributed by atoms with Crippen LogP contribution in [-0.2, 0) is 13.7 Å². The first-order valence-corrected chi connectivity index (χ1v) is 8.23. The van der Waals surface area contributed by atoms with Gasteiger partial charge in [-0.1, -0.05) is 28.1 Å². The van der Waals surface area contributed by atoms with E-state index >= 15 is 0 Å². The van der Waals surface area contributed by atoms with Crippen molar-refractivity contribution in [2.75, 3.05) is 0 Å². The minimum absolute atomic E-state index is 0.290. The van der Waals surface area contributed by atoms with Crippen molar-refractivity contribution in [2.45, 2.75) is 20.5 Å². The van der Waals surface area contributed by atoms with Crippen molar-refractivity contribution in [2.24, 2.45) is 7.05 Å². The summed E-state index contributed by atoms with van der Waals surface area (Å²) in [6.07, 6.45) is 0. The van der Waals surface area contributed by atoms with Crippen LogP contribution in [-0.4, -0.2) is 19.8 Å². The maximum atomic E-state index is 12.1. The van der Waals surface area contributed by atoms with Crippen molar-refractivity contribution in [1.29, 1.82) is 0 Å². The van der Waals surface area contributed by atoms with E-state index in [0.29, 0.717) is 12.3 Å². The van der Waals surface area contributed by atoms with Crippen molar-refractivity contribution < 1.29 is 4.74 Å². The molecule has 1 aromatic heterocycles. The lowest BCUT2D eigenvalue weighted by Crippen LogP contribution is -2.23. The Balaban J connectivity index is 1.94. The summed E-state index contributed by atoms with van der Waals surface area (Å²) in [6.45, 7) is 4.33. The number of hydrogen-bond acceptors (Lipinski definition) is 4.